The highest BCUT2D eigenvalue weighted by Gasteiger charge is 2.07. The molecule has 0 atom stereocenters. The number of para-hydroxylation sites is 2. The van der Waals surface area contributed by atoms with Crippen LogP contribution in [-0.4, -0.2) is 33.7 Å². The lowest BCUT2D eigenvalue weighted by atomic mass is 10.3. The molecular weight excluding hydrogens is 218 g/mol. The minimum atomic E-state index is -0.255. The van der Waals surface area contributed by atoms with Gasteiger partial charge in [0.05, 0.1) is 18.8 Å². The smallest absolute Gasteiger partial charge is 0.173 e. The van der Waals surface area contributed by atoms with E-state index in [1.165, 1.54) is 0 Å². The topological polar surface area (TPSA) is 39.7 Å². The molecular formula is C13H21NO3. The molecule has 4 nitrogen and oxygen atoms in total. The van der Waals surface area contributed by atoms with Crippen molar-refractivity contribution in [1.29, 1.82) is 0 Å². The van der Waals surface area contributed by atoms with Crippen LogP contribution in [0.15, 0.2) is 24.3 Å². The predicted molar refractivity (Wildman–Crippen MR) is 68.5 cm³/mol. The fourth-order valence-electron chi connectivity index (χ4n) is 1.41. The fraction of sp³-hybridized carbons (Fsp3) is 0.538. The molecule has 96 valence electrons. The molecule has 1 aromatic rings. The number of methoxy groups -OCH3 is 2. The maximum atomic E-state index is 5.64. The fourth-order valence-corrected chi connectivity index (χ4v) is 1.41. The van der Waals surface area contributed by atoms with Gasteiger partial charge in [0.1, 0.15) is 5.75 Å². The molecule has 0 fully saturated rings. The van der Waals surface area contributed by atoms with Gasteiger partial charge in [0, 0.05) is 14.2 Å². The molecule has 1 rings (SSSR count). The SMILES string of the molecule is CCCOc1ccccc1NCC(OC)OC. The summed E-state index contributed by atoms with van der Waals surface area (Å²) in [5.74, 6) is 0.861. The van der Waals surface area contributed by atoms with Crippen molar-refractivity contribution in [3.05, 3.63) is 24.3 Å². The lowest BCUT2D eigenvalue weighted by Gasteiger charge is -2.17. The Balaban J connectivity index is 2.56. The summed E-state index contributed by atoms with van der Waals surface area (Å²) in [4.78, 5) is 0. The summed E-state index contributed by atoms with van der Waals surface area (Å²) < 4.78 is 15.9. The summed E-state index contributed by atoms with van der Waals surface area (Å²) in [6, 6.07) is 7.86. The third kappa shape index (κ3) is 4.63. The quantitative estimate of drug-likeness (QED) is 0.708. The van der Waals surface area contributed by atoms with Crippen molar-refractivity contribution in [2.45, 2.75) is 19.6 Å². The summed E-state index contributed by atoms with van der Waals surface area (Å²) >= 11 is 0. The zero-order valence-corrected chi connectivity index (χ0v) is 10.7. The van der Waals surface area contributed by atoms with E-state index in [1.807, 2.05) is 24.3 Å². The Labute approximate surface area is 103 Å². The molecule has 1 aromatic carbocycles. The first kappa shape index (κ1) is 13.8. The second-order valence-corrected chi connectivity index (χ2v) is 3.63. The van der Waals surface area contributed by atoms with E-state index >= 15 is 0 Å². The van der Waals surface area contributed by atoms with Crippen molar-refractivity contribution >= 4 is 5.69 Å². The Hall–Kier alpha value is -1.26. The maximum Gasteiger partial charge on any atom is 0.173 e. The van der Waals surface area contributed by atoms with Crippen LogP contribution < -0.4 is 10.1 Å². The molecule has 0 aliphatic carbocycles. The van der Waals surface area contributed by atoms with Crippen LogP contribution in [0.5, 0.6) is 5.75 Å². The van der Waals surface area contributed by atoms with Gasteiger partial charge in [-0.1, -0.05) is 19.1 Å². The van der Waals surface area contributed by atoms with Gasteiger partial charge in [0.25, 0.3) is 0 Å². The van der Waals surface area contributed by atoms with Gasteiger partial charge >= 0.3 is 0 Å². The van der Waals surface area contributed by atoms with Crippen molar-refractivity contribution in [2.75, 3.05) is 32.7 Å². The summed E-state index contributed by atoms with van der Waals surface area (Å²) in [5, 5.41) is 3.25. The molecule has 1 N–H and O–H groups in total. The first-order chi connectivity index (χ1) is 8.31. The monoisotopic (exact) mass is 239 g/mol. The second kappa shape index (κ2) is 7.92. The minimum Gasteiger partial charge on any atom is -0.491 e. The maximum absolute atomic E-state index is 5.64. The first-order valence-electron chi connectivity index (χ1n) is 5.83. The predicted octanol–water partition coefficient (Wildman–Crippen LogP) is 2.51. The van der Waals surface area contributed by atoms with Crippen molar-refractivity contribution in [3.63, 3.8) is 0 Å². The molecule has 0 spiro atoms. The Morgan fingerprint density at radius 3 is 2.53 bits per heavy atom. The zero-order valence-electron chi connectivity index (χ0n) is 10.7. The molecule has 0 saturated carbocycles. The van der Waals surface area contributed by atoms with Crippen LogP contribution >= 0.6 is 0 Å². The number of anilines is 1. The van der Waals surface area contributed by atoms with Gasteiger partial charge in [-0.05, 0) is 18.6 Å². The number of benzene rings is 1. The molecule has 0 aromatic heterocycles. The standard InChI is InChI=1S/C13H21NO3/c1-4-9-17-12-8-6-5-7-11(12)14-10-13(15-2)16-3/h5-8,13-14H,4,9-10H2,1-3H3. The molecule has 0 aliphatic heterocycles. The van der Waals surface area contributed by atoms with E-state index in [0.29, 0.717) is 6.54 Å². The number of hydrogen-bond acceptors (Lipinski definition) is 4. The van der Waals surface area contributed by atoms with E-state index in [9.17, 15) is 0 Å². The second-order valence-electron chi connectivity index (χ2n) is 3.63. The summed E-state index contributed by atoms with van der Waals surface area (Å²) in [6.07, 6.45) is 0.738. The van der Waals surface area contributed by atoms with E-state index in [4.69, 9.17) is 14.2 Å². The van der Waals surface area contributed by atoms with Crippen molar-refractivity contribution in [2.24, 2.45) is 0 Å². The van der Waals surface area contributed by atoms with Crippen LogP contribution in [0.3, 0.4) is 0 Å². The Bertz CT molecular complexity index is 313. The zero-order chi connectivity index (χ0) is 12.5. The van der Waals surface area contributed by atoms with Crippen LogP contribution in [-0.2, 0) is 9.47 Å². The normalized spacial score (nSPS) is 10.6. The third-order valence-electron chi connectivity index (χ3n) is 2.33. The molecule has 0 aliphatic rings. The van der Waals surface area contributed by atoms with Crippen LogP contribution in [0.1, 0.15) is 13.3 Å². The lowest BCUT2D eigenvalue weighted by Crippen LogP contribution is -2.23. The van der Waals surface area contributed by atoms with Gasteiger partial charge in [0.2, 0.25) is 0 Å². The number of hydrogen-bond donors (Lipinski definition) is 1. The minimum absolute atomic E-state index is 0.255. The van der Waals surface area contributed by atoms with E-state index in [2.05, 4.69) is 12.2 Å². The molecule has 17 heavy (non-hydrogen) atoms. The van der Waals surface area contributed by atoms with E-state index in [0.717, 1.165) is 24.5 Å². The highest BCUT2D eigenvalue weighted by atomic mass is 16.7. The van der Waals surface area contributed by atoms with Crippen molar-refractivity contribution in [1.82, 2.24) is 0 Å². The molecule has 0 unspecified atom stereocenters. The molecule has 0 radical (unpaired) electrons. The summed E-state index contributed by atoms with van der Waals surface area (Å²) in [7, 11) is 3.24. The average molecular weight is 239 g/mol. The first-order valence-corrected chi connectivity index (χ1v) is 5.83. The molecule has 4 heteroatoms. The summed E-state index contributed by atoms with van der Waals surface area (Å²) in [5.41, 5.74) is 0.958. The van der Waals surface area contributed by atoms with Gasteiger partial charge in [0.15, 0.2) is 6.29 Å². The Kier molecular flexibility index (Phi) is 6.43. The van der Waals surface area contributed by atoms with Gasteiger partial charge in [-0.25, -0.2) is 0 Å². The number of rotatable bonds is 8. The van der Waals surface area contributed by atoms with Gasteiger partial charge in [-0.15, -0.1) is 0 Å². The molecule has 0 amide bonds. The van der Waals surface area contributed by atoms with Gasteiger partial charge in [-0.3, -0.25) is 0 Å². The summed E-state index contributed by atoms with van der Waals surface area (Å²) in [6.45, 7) is 3.39. The van der Waals surface area contributed by atoms with Crippen molar-refractivity contribution in [3.8, 4) is 5.75 Å². The molecule has 0 heterocycles. The van der Waals surface area contributed by atoms with E-state index in [-0.39, 0.29) is 6.29 Å². The third-order valence-corrected chi connectivity index (χ3v) is 2.33. The van der Waals surface area contributed by atoms with Crippen molar-refractivity contribution < 1.29 is 14.2 Å². The number of nitrogens with one attached hydrogen (secondary N) is 1. The Morgan fingerprint density at radius 1 is 1.18 bits per heavy atom. The van der Waals surface area contributed by atoms with Crippen LogP contribution in [0.25, 0.3) is 0 Å². The van der Waals surface area contributed by atoms with Crippen LogP contribution in [0, 0.1) is 0 Å². The van der Waals surface area contributed by atoms with Gasteiger partial charge in [-0.2, -0.15) is 0 Å². The largest absolute Gasteiger partial charge is 0.491 e. The van der Waals surface area contributed by atoms with E-state index < -0.39 is 0 Å². The lowest BCUT2D eigenvalue weighted by molar-refractivity contribution is -0.0914. The highest BCUT2D eigenvalue weighted by molar-refractivity contribution is 5.56. The molecule has 0 bridgehead atoms. The van der Waals surface area contributed by atoms with Gasteiger partial charge < -0.3 is 19.5 Å². The Morgan fingerprint density at radius 2 is 1.88 bits per heavy atom. The number of ether oxygens (including phenoxy) is 3. The van der Waals surface area contributed by atoms with E-state index in [1.54, 1.807) is 14.2 Å². The average Bonchev–Trinajstić information content (AvgIpc) is 2.38. The van der Waals surface area contributed by atoms with Crippen LogP contribution in [0.2, 0.25) is 0 Å². The molecule has 0 saturated heterocycles. The van der Waals surface area contributed by atoms with Crippen LogP contribution in [0.4, 0.5) is 5.69 Å². The highest BCUT2D eigenvalue weighted by Crippen LogP contribution is 2.23.